The highest BCUT2D eigenvalue weighted by atomic mass is 79.9. The monoisotopic (exact) mass is 374 g/mol. The second kappa shape index (κ2) is 6.17. The van der Waals surface area contributed by atoms with Gasteiger partial charge in [0.05, 0.1) is 12.2 Å². The zero-order chi connectivity index (χ0) is 14.9. The number of thiazole rings is 1. The van der Waals surface area contributed by atoms with E-state index in [2.05, 4.69) is 20.9 Å². The van der Waals surface area contributed by atoms with E-state index in [9.17, 15) is 13.2 Å². The van der Waals surface area contributed by atoms with Crippen molar-refractivity contribution in [2.75, 3.05) is 24.6 Å². The molecule has 1 N–H and O–H groups in total. The van der Waals surface area contributed by atoms with Crippen molar-refractivity contribution in [3.05, 3.63) is 9.48 Å². The van der Waals surface area contributed by atoms with Gasteiger partial charge in [0.2, 0.25) is 0 Å². The van der Waals surface area contributed by atoms with Crippen LogP contribution in [0, 0.1) is 0 Å². The highest BCUT2D eigenvalue weighted by Crippen LogP contribution is 2.40. The van der Waals surface area contributed by atoms with Crippen LogP contribution in [0.5, 0.6) is 0 Å². The standard InChI is InChI=1S/C11H14BrF3N2O2S/c1-6-4-17(5-7(19-6)2-3-18)10-16-8(9(12)20-10)11(13,14)15/h6-7,18H,2-5H2,1H3. The average molecular weight is 375 g/mol. The molecule has 0 amide bonds. The third-order valence-electron chi connectivity index (χ3n) is 2.89. The first-order chi connectivity index (χ1) is 9.31. The molecule has 0 spiro atoms. The first-order valence-electron chi connectivity index (χ1n) is 6.06. The van der Waals surface area contributed by atoms with E-state index in [-0.39, 0.29) is 22.6 Å². The van der Waals surface area contributed by atoms with Gasteiger partial charge in [0, 0.05) is 19.7 Å². The van der Waals surface area contributed by atoms with Gasteiger partial charge in [0.1, 0.15) is 3.79 Å². The van der Waals surface area contributed by atoms with E-state index in [1.807, 2.05) is 6.92 Å². The van der Waals surface area contributed by atoms with Crippen molar-refractivity contribution in [3.8, 4) is 0 Å². The minimum Gasteiger partial charge on any atom is -0.396 e. The molecule has 2 rings (SSSR count). The zero-order valence-corrected chi connectivity index (χ0v) is 13.1. The first-order valence-corrected chi connectivity index (χ1v) is 7.67. The maximum Gasteiger partial charge on any atom is 0.435 e. The Kier molecular flexibility index (Phi) is 4.93. The highest BCUT2D eigenvalue weighted by Gasteiger charge is 2.38. The van der Waals surface area contributed by atoms with Gasteiger partial charge in [-0.05, 0) is 29.3 Å². The summed E-state index contributed by atoms with van der Waals surface area (Å²) in [5.74, 6) is 0. The number of aromatic nitrogens is 1. The molecule has 2 atom stereocenters. The fraction of sp³-hybridized carbons (Fsp3) is 0.727. The number of hydrogen-bond donors (Lipinski definition) is 1. The van der Waals surface area contributed by atoms with Gasteiger partial charge in [0.25, 0.3) is 0 Å². The Bertz CT molecular complexity index is 469. The van der Waals surface area contributed by atoms with Crippen LogP contribution < -0.4 is 4.90 Å². The van der Waals surface area contributed by atoms with Crippen LogP contribution in [0.4, 0.5) is 18.3 Å². The molecule has 1 fully saturated rings. The largest absolute Gasteiger partial charge is 0.435 e. The predicted octanol–water partition coefficient (Wildman–Crippen LogP) is 2.90. The van der Waals surface area contributed by atoms with E-state index < -0.39 is 11.9 Å². The van der Waals surface area contributed by atoms with Gasteiger partial charge >= 0.3 is 6.18 Å². The lowest BCUT2D eigenvalue weighted by Crippen LogP contribution is -2.47. The molecule has 1 saturated heterocycles. The number of hydrogen-bond acceptors (Lipinski definition) is 5. The molecule has 0 aliphatic carbocycles. The van der Waals surface area contributed by atoms with Crippen molar-refractivity contribution in [2.24, 2.45) is 0 Å². The number of ether oxygens (including phenoxy) is 1. The molecule has 0 radical (unpaired) electrons. The first kappa shape index (κ1) is 16.0. The Hall–Kier alpha value is -0.380. The second-order valence-electron chi connectivity index (χ2n) is 4.60. The third kappa shape index (κ3) is 3.63. The zero-order valence-electron chi connectivity index (χ0n) is 10.7. The molecule has 1 aromatic rings. The summed E-state index contributed by atoms with van der Waals surface area (Å²) in [6.07, 6.45) is -4.31. The number of nitrogens with zero attached hydrogens (tertiary/aromatic N) is 2. The van der Waals surface area contributed by atoms with Crippen LogP contribution in [0.1, 0.15) is 19.0 Å². The fourth-order valence-corrected chi connectivity index (χ4v) is 3.69. The van der Waals surface area contributed by atoms with Crippen LogP contribution in [-0.4, -0.2) is 42.0 Å². The van der Waals surface area contributed by atoms with E-state index in [4.69, 9.17) is 9.84 Å². The molecule has 1 aliphatic rings. The van der Waals surface area contributed by atoms with Gasteiger partial charge in [-0.3, -0.25) is 0 Å². The lowest BCUT2D eigenvalue weighted by atomic mass is 10.2. The van der Waals surface area contributed by atoms with Gasteiger partial charge in [-0.25, -0.2) is 4.98 Å². The highest BCUT2D eigenvalue weighted by molar-refractivity contribution is 9.11. The normalized spacial score (nSPS) is 24.2. The van der Waals surface area contributed by atoms with Crippen molar-refractivity contribution in [1.82, 2.24) is 4.98 Å². The molecule has 9 heteroatoms. The average Bonchev–Trinajstić information content (AvgIpc) is 2.71. The molecule has 0 bridgehead atoms. The summed E-state index contributed by atoms with van der Waals surface area (Å²) in [7, 11) is 0. The van der Waals surface area contributed by atoms with Crippen LogP contribution in [0.2, 0.25) is 0 Å². The van der Waals surface area contributed by atoms with Gasteiger partial charge in [0.15, 0.2) is 10.8 Å². The van der Waals surface area contributed by atoms with Crippen molar-refractivity contribution in [2.45, 2.75) is 31.7 Å². The maximum absolute atomic E-state index is 12.7. The van der Waals surface area contributed by atoms with Crippen molar-refractivity contribution in [1.29, 1.82) is 0 Å². The molecular weight excluding hydrogens is 361 g/mol. The minimum atomic E-state index is -4.46. The molecule has 0 saturated carbocycles. The third-order valence-corrected chi connectivity index (χ3v) is 4.66. The van der Waals surface area contributed by atoms with E-state index in [0.717, 1.165) is 11.3 Å². The summed E-state index contributed by atoms with van der Waals surface area (Å²) in [6, 6.07) is 0. The van der Waals surface area contributed by atoms with E-state index in [1.165, 1.54) is 0 Å². The quantitative estimate of drug-likeness (QED) is 0.883. The van der Waals surface area contributed by atoms with Crippen LogP contribution in [-0.2, 0) is 10.9 Å². The number of morpholine rings is 1. The Morgan fingerprint density at radius 1 is 1.50 bits per heavy atom. The van der Waals surface area contributed by atoms with Crippen molar-refractivity contribution >= 4 is 32.4 Å². The van der Waals surface area contributed by atoms with Crippen LogP contribution >= 0.6 is 27.3 Å². The summed E-state index contributed by atoms with van der Waals surface area (Å²) < 4.78 is 43.8. The summed E-state index contributed by atoms with van der Waals surface area (Å²) in [5.41, 5.74) is -0.893. The van der Waals surface area contributed by atoms with Gasteiger partial charge < -0.3 is 14.7 Å². The van der Waals surface area contributed by atoms with Crippen LogP contribution in [0.25, 0.3) is 0 Å². The molecular formula is C11H14BrF3N2O2S. The molecule has 1 aliphatic heterocycles. The molecule has 2 heterocycles. The Morgan fingerprint density at radius 2 is 2.20 bits per heavy atom. The summed E-state index contributed by atoms with van der Waals surface area (Å²) in [5, 5.41) is 9.27. The van der Waals surface area contributed by atoms with E-state index >= 15 is 0 Å². The number of alkyl halides is 3. The van der Waals surface area contributed by atoms with Gasteiger partial charge in [-0.2, -0.15) is 13.2 Å². The molecule has 0 aromatic carbocycles. The number of rotatable bonds is 3. The number of halogens is 4. The number of aliphatic hydroxyl groups is 1. The Morgan fingerprint density at radius 3 is 2.75 bits per heavy atom. The minimum absolute atomic E-state index is 0.0133. The molecule has 4 nitrogen and oxygen atoms in total. The molecule has 1 aromatic heterocycles. The lowest BCUT2D eigenvalue weighted by Gasteiger charge is -2.36. The SMILES string of the molecule is CC1CN(c2nc(C(F)(F)F)c(Br)s2)CC(CCO)O1. The molecule has 2 unspecified atom stereocenters. The Balaban J connectivity index is 2.18. The Labute approximate surface area is 126 Å². The maximum atomic E-state index is 12.7. The van der Waals surface area contributed by atoms with Gasteiger partial charge in [-0.1, -0.05) is 11.3 Å². The molecule has 114 valence electrons. The van der Waals surface area contributed by atoms with Gasteiger partial charge in [-0.15, -0.1) is 0 Å². The van der Waals surface area contributed by atoms with E-state index in [0.29, 0.717) is 24.6 Å². The summed E-state index contributed by atoms with van der Waals surface area (Å²) >= 11 is 3.88. The predicted molar refractivity (Wildman–Crippen MR) is 73.1 cm³/mol. The van der Waals surface area contributed by atoms with E-state index in [1.54, 1.807) is 4.90 Å². The number of aliphatic hydroxyl groups excluding tert-OH is 1. The van der Waals surface area contributed by atoms with Crippen molar-refractivity contribution in [3.63, 3.8) is 0 Å². The summed E-state index contributed by atoms with van der Waals surface area (Å²) in [4.78, 5) is 5.47. The lowest BCUT2D eigenvalue weighted by molar-refractivity contribution is -0.141. The summed E-state index contributed by atoms with van der Waals surface area (Å²) in [6.45, 7) is 2.76. The number of anilines is 1. The topological polar surface area (TPSA) is 45.6 Å². The smallest absolute Gasteiger partial charge is 0.396 e. The van der Waals surface area contributed by atoms with Crippen molar-refractivity contribution < 1.29 is 23.0 Å². The van der Waals surface area contributed by atoms with Crippen LogP contribution in [0.15, 0.2) is 3.79 Å². The second-order valence-corrected chi connectivity index (χ2v) is 6.90. The fourth-order valence-electron chi connectivity index (χ4n) is 2.11. The van der Waals surface area contributed by atoms with Crippen LogP contribution in [0.3, 0.4) is 0 Å². The molecule has 20 heavy (non-hydrogen) atoms.